The molecule has 3 unspecified atom stereocenters. The van der Waals surface area contributed by atoms with Crippen LogP contribution < -0.4 is 11.1 Å². The van der Waals surface area contributed by atoms with Gasteiger partial charge in [0.2, 0.25) is 5.91 Å². The van der Waals surface area contributed by atoms with Gasteiger partial charge in [-0.25, -0.2) is 0 Å². The molecule has 2 aliphatic rings. The van der Waals surface area contributed by atoms with E-state index in [9.17, 15) is 4.79 Å². The van der Waals surface area contributed by atoms with Crippen LogP contribution in [-0.4, -0.2) is 12.5 Å². The van der Waals surface area contributed by atoms with Crippen LogP contribution in [0.4, 0.5) is 0 Å². The van der Waals surface area contributed by atoms with E-state index in [1.165, 1.54) is 19.3 Å². The highest BCUT2D eigenvalue weighted by atomic mass is 32.1. The Balaban J connectivity index is 1.51. The Hall–Kier alpha value is -1.31. The summed E-state index contributed by atoms with van der Waals surface area (Å²) in [4.78, 5) is 13.4. The van der Waals surface area contributed by atoms with E-state index in [0.29, 0.717) is 19.0 Å². The molecular weight excluding hydrogens is 268 g/mol. The third-order valence-corrected chi connectivity index (χ3v) is 5.44. The second kappa shape index (κ2) is 5.99. The molecule has 0 aromatic carbocycles. The van der Waals surface area contributed by atoms with Crippen LogP contribution in [0.25, 0.3) is 0 Å². The van der Waals surface area contributed by atoms with Crippen LogP contribution in [0.3, 0.4) is 0 Å². The van der Waals surface area contributed by atoms with Crippen molar-refractivity contribution < 1.29 is 4.79 Å². The summed E-state index contributed by atoms with van der Waals surface area (Å²) in [7, 11) is 0. The van der Waals surface area contributed by atoms with Gasteiger partial charge in [0.05, 0.1) is 13.1 Å². The number of hydrogen-bond acceptors (Lipinski definition) is 3. The van der Waals surface area contributed by atoms with Gasteiger partial charge in [-0.3, -0.25) is 4.79 Å². The van der Waals surface area contributed by atoms with Gasteiger partial charge in [0.15, 0.2) is 0 Å². The average molecular weight is 288 g/mol. The SMILES string of the molecule is NCC#Cc1csc(CNC(=O)C2CC3CCC2C3)c1. The van der Waals surface area contributed by atoms with Crippen molar-refractivity contribution in [2.75, 3.05) is 6.54 Å². The van der Waals surface area contributed by atoms with Gasteiger partial charge in [-0.05, 0) is 37.2 Å². The van der Waals surface area contributed by atoms with Crippen molar-refractivity contribution in [2.24, 2.45) is 23.5 Å². The molecule has 1 aromatic heterocycles. The molecule has 2 bridgehead atoms. The normalized spacial score (nSPS) is 27.1. The summed E-state index contributed by atoms with van der Waals surface area (Å²) in [6.07, 6.45) is 4.97. The molecule has 1 amide bonds. The van der Waals surface area contributed by atoms with Crippen molar-refractivity contribution in [3.8, 4) is 11.8 Å². The maximum atomic E-state index is 12.2. The lowest BCUT2D eigenvalue weighted by atomic mass is 9.88. The Morgan fingerprint density at radius 3 is 3.05 bits per heavy atom. The van der Waals surface area contributed by atoms with Gasteiger partial charge < -0.3 is 11.1 Å². The van der Waals surface area contributed by atoms with Gasteiger partial charge in [0, 0.05) is 21.7 Å². The van der Waals surface area contributed by atoms with Crippen LogP contribution in [0.2, 0.25) is 0 Å². The van der Waals surface area contributed by atoms with Crippen LogP contribution in [0.1, 0.15) is 36.1 Å². The van der Waals surface area contributed by atoms with E-state index in [0.717, 1.165) is 22.8 Å². The fourth-order valence-electron chi connectivity index (χ4n) is 3.56. The van der Waals surface area contributed by atoms with E-state index in [2.05, 4.69) is 17.2 Å². The first-order valence-electron chi connectivity index (χ1n) is 7.30. The van der Waals surface area contributed by atoms with Crippen molar-refractivity contribution >= 4 is 17.2 Å². The van der Waals surface area contributed by atoms with E-state index in [1.807, 2.05) is 11.4 Å². The van der Waals surface area contributed by atoms with E-state index < -0.39 is 0 Å². The molecule has 20 heavy (non-hydrogen) atoms. The zero-order chi connectivity index (χ0) is 13.9. The van der Waals surface area contributed by atoms with Crippen LogP contribution in [0.15, 0.2) is 11.4 Å². The monoisotopic (exact) mass is 288 g/mol. The third kappa shape index (κ3) is 2.89. The molecular formula is C16H20N2OS. The van der Waals surface area contributed by atoms with Crippen molar-refractivity contribution in [2.45, 2.75) is 32.2 Å². The number of fused-ring (bicyclic) bond motifs is 2. The van der Waals surface area contributed by atoms with Gasteiger partial charge in [-0.15, -0.1) is 11.3 Å². The predicted octanol–water partition coefficient (Wildman–Crippen LogP) is 2.11. The molecule has 0 saturated heterocycles. The Labute approximate surface area is 123 Å². The summed E-state index contributed by atoms with van der Waals surface area (Å²) in [6, 6.07) is 2.04. The summed E-state index contributed by atoms with van der Waals surface area (Å²) in [6.45, 7) is 1.01. The van der Waals surface area contributed by atoms with Crippen LogP contribution in [-0.2, 0) is 11.3 Å². The maximum Gasteiger partial charge on any atom is 0.223 e. The lowest BCUT2D eigenvalue weighted by molar-refractivity contribution is -0.126. The Kier molecular flexibility index (Phi) is 4.09. The molecule has 4 heteroatoms. The molecule has 3 rings (SSSR count). The maximum absolute atomic E-state index is 12.2. The molecule has 1 aromatic rings. The van der Waals surface area contributed by atoms with E-state index in [4.69, 9.17) is 5.73 Å². The second-order valence-electron chi connectivity index (χ2n) is 5.81. The van der Waals surface area contributed by atoms with Crippen molar-refractivity contribution in [1.82, 2.24) is 5.32 Å². The number of amides is 1. The Morgan fingerprint density at radius 1 is 1.45 bits per heavy atom. The van der Waals surface area contributed by atoms with E-state index in [1.54, 1.807) is 11.3 Å². The molecule has 2 aliphatic carbocycles. The average Bonchev–Trinajstić information content (AvgIpc) is 3.18. The zero-order valence-electron chi connectivity index (χ0n) is 11.5. The molecule has 2 saturated carbocycles. The first-order valence-corrected chi connectivity index (χ1v) is 8.18. The lowest BCUT2D eigenvalue weighted by Crippen LogP contribution is -2.33. The van der Waals surface area contributed by atoms with Gasteiger partial charge in [0.1, 0.15) is 0 Å². The van der Waals surface area contributed by atoms with Gasteiger partial charge in [0.25, 0.3) is 0 Å². The number of carbonyl (C=O) groups is 1. The van der Waals surface area contributed by atoms with Gasteiger partial charge in [-0.1, -0.05) is 18.3 Å². The minimum atomic E-state index is 0.250. The summed E-state index contributed by atoms with van der Waals surface area (Å²) < 4.78 is 0. The summed E-state index contributed by atoms with van der Waals surface area (Å²) in [5.74, 6) is 7.84. The van der Waals surface area contributed by atoms with E-state index >= 15 is 0 Å². The van der Waals surface area contributed by atoms with Crippen LogP contribution in [0.5, 0.6) is 0 Å². The largest absolute Gasteiger partial charge is 0.351 e. The first kappa shape index (κ1) is 13.7. The first-order chi connectivity index (χ1) is 9.76. The quantitative estimate of drug-likeness (QED) is 0.837. The van der Waals surface area contributed by atoms with Crippen molar-refractivity contribution in [3.05, 3.63) is 21.9 Å². The number of thiophene rings is 1. The number of nitrogens with two attached hydrogens (primary N) is 1. The molecule has 3 N–H and O–H groups in total. The topological polar surface area (TPSA) is 55.1 Å². The van der Waals surface area contributed by atoms with E-state index in [-0.39, 0.29) is 11.8 Å². The van der Waals surface area contributed by atoms with Crippen LogP contribution in [0, 0.1) is 29.6 Å². The van der Waals surface area contributed by atoms with Gasteiger partial charge >= 0.3 is 0 Å². The molecule has 0 radical (unpaired) electrons. The molecule has 106 valence electrons. The summed E-state index contributed by atoms with van der Waals surface area (Å²) >= 11 is 1.64. The molecule has 3 nitrogen and oxygen atoms in total. The van der Waals surface area contributed by atoms with Gasteiger partial charge in [-0.2, -0.15) is 0 Å². The fourth-order valence-corrected chi connectivity index (χ4v) is 4.32. The Morgan fingerprint density at radius 2 is 2.35 bits per heavy atom. The second-order valence-corrected chi connectivity index (χ2v) is 6.80. The van der Waals surface area contributed by atoms with Crippen LogP contribution >= 0.6 is 11.3 Å². The number of rotatable bonds is 3. The standard InChI is InChI=1S/C16H20N2OS/c17-5-1-2-12-7-14(20-10-12)9-18-16(19)15-8-11-3-4-13(15)6-11/h7,10-11,13,15H,3-6,8-9,17H2,(H,18,19). The minimum Gasteiger partial charge on any atom is -0.351 e. The summed E-state index contributed by atoms with van der Waals surface area (Å²) in [5.41, 5.74) is 6.34. The van der Waals surface area contributed by atoms with Crippen molar-refractivity contribution in [1.29, 1.82) is 0 Å². The smallest absolute Gasteiger partial charge is 0.223 e. The molecule has 0 aliphatic heterocycles. The molecule has 2 fully saturated rings. The molecule has 0 spiro atoms. The Bertz CT molecular complexity index is 554. The third-order valence-electron chi connectivity index (χ3n) is 4.50. The molecule has 3 atom stereocenters. The number of hydrogen-bond donors (Lipinski definition) is 2. The number of nitrogens with one attached hydrogen (secondary N) is 1. The fraction of sp³-hybridized carbons (Fsp3) is 0.562. The number of carbonyl (C=O) groups excluding carboxylic acids is 1. The highest BCUT2D eigenvalue weighted by Crippen LogP contribution is 2.48. The zero-order valence-corrected chi connectivity index (χ0v) is 12.3. The lowest BCUT2D eigenvalue weighted by Gasteiger charge is -2.20. The van der Waals surface area contributed by atoms with Crippen molar-refractivity contribution in [3.63, 3.8) is 0 Å². The highest BCUT2D eigenvalue weighted by molar-refractivity contribution is 7.10. The highest BCUT2D eigenvalue weighted by Gasteiger charge is 2.42. The predicted molar refractivity (Wildman–Crippen MR) is 81.0 cm³/mol. The molecule has 1 heterocycles. The summed E-state index contributed by atoms with van der Waals surface area (Å²) in [5, 5.41) is 5.11. The minimum absolute atomic E-state index is 0.250.